The van der Waals surface area contributed by atoms with Gasteiger partial charge in [0.05, 0.1) is 28.6 Å². The van der Waals surface area contributed by atoms with Gasteiger partial charge in [-0.2, -0.15) is 0 Å². The van der Waals surface area contributed by atoms with Crippen LogP contribution in [0.1, 0.15) is 36.9 Å². The van der Waals surface area contributed by atoms with Gasteiger partial charge in [-0.3, -0.25) is 4.57 Å². The fourth-order valence-electron chi connectivity index (χ4n) is 3.77. The highest BCUT2D eigenvalue weighted by Crippen LogP contribution is 2.27. The second-order valence-electron chi connectivity index (χ2n) is 7.99. The number of benzene rings is 1. The minimum absolute atomic E-state index is 0.165. The predicted octanol–water partition coefficient (Wildman–Crippen LogP) is 2.11. The van der Waals surface area contributed by atoms with E-state index in [-0.39, 0.29) is 22.9 Å². The summed E-state index contributed by atoms with van der Waals surface area (Å²) < 4.78 is 30.4. The summed E-state index contributed by atoms with van der Waals surface area (Å²) in [5.74, 6) is 0.688. The number of imidazole rings is 1. The van der Waals surface area contributed by atoms with Crippen molar-refractivity contribution in [2.75, 3.05) is 5.73 Å². The van der Waals surface area contributed by atoms with Crippen LogP contribution in [0.3, 0.4) is 0 Å². The molecule has 0 bridgehead atoms. The molecular formula is C21H26N6O3S. The van der Waals surface area contributed by atoms with Gasteiger partial charge in [-0.15, -0.1) is 0 Å². The van der Waals surface area contributed by atoms with E-state index in [2.05, 4.69) is 19.7 Å². The monoisotopic (exact) mass is 442 g/mol. The average Bonchev–Trinajstić information content (AvgIpc) is 3.16. The van der Waals surface area contributed by atoms with Gasteiger partial charge in [-0.25, -0.2) is 28.1 Å². The first kappa shape index (κ1) is 21.4. The van der Waals surface area contributed by atoms with E-state index in [9.17, 15) is 13.5 Å². The van der Waals surface area contributed by atoms with Crippen LogP contribution < -0.4 is 10.5 Å². The van der Waals surface area contributed by atoms with Crippen molar-refractivity contribution in [3.63, 3.8) is 0 Å². The normalized spacial score (nSPS) is 19.5. The summed E-state index contributed by atoms with van der Waals surface area (Å²) in [6, 6.07) is 4.78. The molecule has 0 unspecified atom stereocenters. The molecule has 3 aromatic rings. The molecular weight excluding hydrogens is 416 g/mol. The topological polar surface area (TPSA) is 136 Å². The fourth-order valence-corrected chi connectivity index (χ4v) is 5.10. The maximum atomic E-state index is 13.0. The first-order chi connectivity index (χ1) is 14.7. The zero-order valence-electron chi connectivity index (χ0n) is 17.5. The molecule has 164 valence electrons. The Labute approximate surface area is 181 Å². The second kappa shape index (κ2) is 8.37. The lowest BCUT2D eigenvalue weighted by Gasteiger charge is -2.26. The number of aliphatic hydroxyl groups is 1. The quantitative estimate of drug-likeness (QED) is 0.550. The molecule has 1 fully saturated rings. The number of aryl methyl sites for hydroxylation is 2. The molecule has 4 N–H and O–H groups in total. The van der Waals surface area contributed by atoms with E-state index in [1.807, 2.05) is 13.8 Å². The minimum atomic E-state index is -3.71. The summed E-state index contributed by atoms with van der Waals surface area (Å²) in [5, 5.41) is 9.66. The van der Waals surface area contributed by atoms with Crippen molar-refractivity contribution in [1.82, 2.24) is 24.2 Å². The molecule has 0 radical (unpaired) electrons. The number of rotatable bonds is 5. The van der Waals surface area contributed by atoms with Gasteiger partial charge < -0.3 is 10.8 Å². The minimum Gasteiger partial charge on any atom is -0.393 e. The number of hydrogen-bond acceptors (Lipinski definition) is 7. The molecule has 0 spiro atoms. The Hall–Kier alpha value is -2.82. The van der Waals surface area contributed by atoms with Crippen LogP contribution in [-0.2, 0) is 10.0 Å². The third-order valence-electron chi connectivity index (χ3n) is 5.55. The smallest absolute Gasteiger partial charge is 0.240 e. The average molecular weight is 443 g/mol. The summed E-state index contributed by atoms with van der Waals surface area (Å²) in [6.45, 7) is 3.75. The van der Waals surface area contributed by atoms with Crippen LogP contribution in [0.5, 0.6) is 0 Å². The molecule has 0 saturated heterocycles. The van der Waals surface area contributed by atoms with Gasteiger partial charge in [-0.05, 0) is 57.2 Å². The van der Waals surface area contributed by atoms with Gasteiger partial charge in [0, 0.05) is 17.8 Å². The standard InChI is InChI=1S/C21H26N6O3S/c1-13-3-8-17(31(29,30)26-15-4-6-16(28)7-5-15)9-18(13)19-10-23-20(22)21(25-19)27-11-14(2)24-12-27/h3,8-12,15-16,26,28H,4-7H2,1-2H3,(H2,22,23). The molecule has 4 rings (SSSR count). The van der Waals surface area contributed by atoms with Gasteiger partial charge >= 0.3 is 0 Å². The molecule has 1 aliphatic carbocycles. The van der Waals surface area contributed by atoms with Gasteiger partial charge in [0.1, 0.15) is 6.33 Å². The lowest BCUT2D eigenvalue weighted by molar-refractivity contribution is 0.120. The Morgan fingerprint density at radius 3 is 2.58 bits per heavy atom. The maximum absolute atomic E-state index is 13.0. The first-order valence-electron chi connectivity index (χ1n) is 10.2. The highest BCUT2D eigenvalue weighted by atomic mass is 32.2. The number of nitrogens with one attached hydrogen (secondary N) is 1. The number of aliphatic hydroxyl groups excluding tert-OH is 1. The number of hydrogen-bond donors (Lipinski definition) is 3. The van der Waals surface area contributed by atoms with Crippen molar-refractivity contribution in [3.8, 4) is 17.1 Å². The molecule has 2 aromatic heterocycles. The van der Waals surface area contributed by atoms with E-state index in [4.69, 9.17) is 5.73 Å². The van der Waals surface area contributed by atoms with E-state index in [0.29, 0.717) is 42.8 Å². The second-order valence-corrected chi connectivity index (χ2v) is 9.70. The first-order valence-corrected chi connectivity index (χ1v) is 11.7. The van der Waals surface area contributed by atoms with E-state index in [0.717, 1.165) is 11.3 Å². The Morgan fingerprint density at radius 2 is 1.90 bits per heavy atom. The van der Waals surface area contributed by atoms with Crippen LogP contribution in [0.15, 0.2) is 41.8 Å². The Morgan fingerprint density at radius 1 is 1.16 bits per heavy atom. The largest absolute Gasteiger partial charge is 0.393 e. The molecule has 1 saturated carbocycles. The summed E-state index contributed by atoms with van der Waals surface area (Å²) in [5.41, 5.74) is 8.88. The third-order valence-corrected chi connectivity index (χ3v) is 7.07. The number of nitrogens with two attached hydrogens (primary N) is 1. The van der Waals surface area contributed by atoms with E-state index >= 15 is 0 Å². The Bertz CT molecular complexity index is 1200. The SMILES string of the molecule is Cc1cn(-c2nc(-c3cc(S(=O)(=O)NC4CCC(O)CC4)ccc3C)cnc2N)cn1. The lowest BCUT2D eigenvalue weighted by atomic mass is 9.94. The number of aromatic nitrogens is 4. The van der Waals surface area contributed by atoms with Crippen molar-refractivity contribution >= 4 is 15.8 Å². The van der Waals surface area contributed by atoms with Crippen LogP contribution in [0.25, 0.3) is 17.1 Å². The molecule has 2 heterocycles. The van der Waals surface area contributed by atoms with Gasteiger partial charge in [-0.1, -0.05) is 6.07 Å². The van der Waals surface area contributed by atoms with Crippen LogP contribution in [-0.4, -0.2) is 45.2 Å². The van der Waals surface area contributed by atoms with Crippen molar-refractivity contribution in [3.05, 3.63) is 48.2 Å². The van der Waals surface area contributed by atoms with Crippen molar-refractivity contribution < 1.29 is 13.5 Å². The molecule has 1 aliphatic rings. The Kier molecular flexibility index (Phi) is 5.78. The van der Waals surface area contributed by atoms with Gasteiger partial charge in [0.15, 0.2) is 11.6 Å². The van der Waals surface area contributed by atoms with Crippen LogP contribution in [0.2, 0.25) is 0 Å². The zero-order chi connectivity index (χ0) is 22.2. The van der Waals surface area contributed by atoms with Gasteiger partial charge in [0.2, 0.25) is 10.0 Å². The zero-order valence-corrected chi connectivity index (χ0v) is 18.3. The highest BCUT2D eigenvalue weighted by molar-refractivity contribution is 7.89. The third kappa shape index (κ3) is 4.60. The molecule has 9 nitrogen and oxygen atoms in total. The summed E-state index contributed by atoms with van der Waals surface area (Å²) in [7, 11) is -3.71. The Balaban J connectivity index is 1.67. The summed E-state index contributed by atoms with van der Waals surface area (Å²) >= 11 is 0. The molecule has 1 aromatic carbocycles. The molecule has 0 atom stereocenters. The fraction of sp³-hybridized carbons (Fsp3) is 0.381. The lowest BCUT2D eigenvalue weighted by Crippen LogP contribution is -2.38. The van der Waals surface area contributed by atoms with Crippen LogP contribution in [0.4, 0.5) is 5.82 Å². The molecule has 10 heteroatoms. The number of nitrogens with zero attached hydrogens (tertiary/aromatic N) is 4. The molecule has 0 aliphatic heterocycles. The molecule has 0 amide bonds. The highest BCUT2D eigenvalue weighted by Gasteiger charge is 2.25. The number of sulfonamides is 1. The van der Waals surface area contributed by atoms with Crippen LogP contribution >= 0.6 is 0 Å². The van der Waals surface area contributed by atoms with Crippen molar-refractivity contribution in [2.24, 2.45) is 0 Å². The number of anilines is 1. The van der Waals surface area contributed by atoms with E-state index in [1.54, 1.807) is 35.3 Å². The van der Waals surface area contributed by atoms with E-state index in [1.165, 1.54) is 6.20 Å². The van der Waals surface area contributed by atoms with Crippen molar-refractivity contribution in [2.45, 2.75) is 56.6 Å². The van der Waals surface area contributed by atoms with Gasteiger partial charge in [0.25, 0.3) is 0 Å². The van der Waals surface area contributed by atoms with E-state index < -0.39 is 10.0 Å². The molecule has 31 heavy (non-hydrogen) atoms. The summed E-state index contributed by atoms with van der Waals surface area (Å²) in [4.78, 5) is 13.2. The van der Waals surface area contributed by atoms with Crippen LogP contribution in [0, 0.1) is 13.8 Å². The summed E-state index contributed by atoms with van der Waals surface area (Å²) in [6.07, 6.45) is 7.04. The predicted molar refractivity (Wildman–Crippen MR) is 117 cm³/mol. The number of nitrogen functional groups attached to an aromatic ring is 1. The van der Waals surface area contributed by atoms with Crippen molar-refractivity contribution in [1.29, 1.82) is 0 Å². The maximum Gasteiger partial charge on any atom is 0.240 e.